The maximum Gasteiger partial charge on any atom is 0.136 e. The number of anilines is 2. The van der Waals surface area contributed by atoms with Gasteiger partial charge in [-0.05, 0) is 47.5 Å². The van der Waals surface area contributed by atoms with Crippen molar-refractivity contribution in [3.63, 3.8) is 0 Å². The molecule has 0 aliphatic heterocycles. The van der Waals surface area contributed by atoms with Crippen molar-refractivity contribution >= 4 is 33.3 Å². The average Bonchev–Trinajstić information content (AvgIpc) is 3.08. The van der Waals surface area contributed by atoms with E-state index >= 15 is 0 Å². The van der Waals surface area contributed by atoms with Gasteiger partial charge in [-0.3, -0.25) is 0 Å². The van der Waals surface area contributed by atoms with Crippen LogP contribution in [-0.2, 0) is 0 Å². The Labute approximate surface area is 151 Å². The highest BCUT2D eigenvalue weighted by atomic mass is 16.3. The molecule has 5 rings (SSSR count). The van der Waals surface area contributed by atoms with Crippen LogP contribution in [0.15, 0.2) is 101 Å². The molecule has 0 saturated carbocycles. The maximum atomic E-state index is 6.02. The Morgan fingerprint density at radius 3 is 2.23 bits per heavy atom. The zero-order valence-corrected chi connectivity index (χ0v) is 14.1. The van der Waals surface area contributed by atoms with E-state index in [9.17, 15) is 0 Å². The van der Waals surface area contributed by atoms with Crippen LogP contribution in [0.3, 0.4) is 0 Å². The number of nitrogens with one attached hydrogen (secondary N) is 1. The van der Waals surface area contributed by atoms with Gasteiger partial charge in [-0.1, -0.05) is 60.7 Å². The number of benzene rings is 4. The molecule has 0 atom stereocenters. The standard InChI is InChI=1S/C24H17NO/c1-2-9-18(10-3-1)25-19-11-6-8-17(16-19)20-13-7-15-23-24(20)21-12-4-5-14-22(21)26-23/h1-16,25H. The Morgan fingerprint density at radius 2 is 1.31 bits per heavy atom. The van der Waals surface area contributed by atoms with Crippen molar-refractivity contribution < 1.29 is 4.42 Å². The highest BCUT2D eigenvalue weighted by Crippen LogP contribution is 2.37. The van der Waals surface area contributed by atoms with Gasteiger partial charge in [0.2, 0.25) is 0 Å². The second kappa shape index (κ2) is 6.08. The summed E-state index contributed by atoms with van der Waals surface area (Å²) >= 11 is 0. The van der Waals surface area contributed by atoms with E-state index in [0.717, 1.165) is 27.9 Å². The average molecular weight is 335 g/mol. The van der Waals surface area contributed by atoms with Gasteiger partial charge in [0.1, 0.15) is 11.2 Å². The fraction of sp³-hybridized carbons (Fsp3) is 0. The first-order valence-electron chi connectivity index (χ1n) is 8.71. The van der Waals surface area contributed by atoms with E-state index in [1.165, 1.54) is 16.5 Å². The van der Waals surface area contributed by atoms with E-state index in [2.05, 4.69) is 66.0 Å². The molecule has 0 fully saturated rings. The lowest BCUT2D eigenvalue weighted by Gasteiger charge is -2.09. The third kappa shape index (κ3) is 2.52. The summed E-state index contributed by atoms with van der Waals surface area (Å²) < 4.78 is 6.02. The minimum Gasteiger partial charge on any atom is -0.456 e. The Hall–Kier alpha value is -3.52. The molecule has 0 spiro atoms. The van der Waals surface area contributed by atoms with Gasteiger partial charge >= 0.3 is 0 Å². The molecular weight excluding hydrogens is 318 g/mol. The molecule has 1 aromatic heterocycles. The fourth-order valence-electron chi connectivity index (χ4n) is 3.47. The molecule has 2 nitrogen and oxygen atoms in total. The van der Waals surface area contributed by atoms with Crippen LogP contribution in [0, 0.1) is 0 Å². The van der Waals surface area contributed by atoms with E-state index in [1.54, 1.807) is 0 Å². The number of hydrogen-bond acceptors (Lipinski definition) is 2. The zero-order chi connectivity index (χ0) is 17.3. The zero-order valence-electron chi connectivity index (χ0n) is 14.1. The molecule has 26 heavy (non-hydrogen) atoms. The summed E-state index contributed by atoms with van der Waals surface area (Å²) in [6, 6.07) is 33.2. The first-order chi connectivity index (χ1) is 12.9. The molecule has 1 N–H and O–H groups in total. The van der Waals surface area contributed by atoms with Crippen molar-refractivity contribution in [3.8, 4) is 11.1 Å². The molecule has 0 aliphatic carbocycles. The highest BCUT2D eigenvalue weighted by molar-refractivity contribution is 6.12. The van der Waals surface area contributed by atoms with E-state index < -0.39 is 0 Å². The van der Waals surface area contributed by atoms with Crippen LogP contribution in [0.4, 0.5) is 11.4 Å². The normalized spacial score (nSPS) is 11.1. The summed E-state index contributed by atoms with van der Waals surface area (Å²) in [5.74, 6) is 0. The summed E-state index contributed by atoms with van der Waals surface area (Å²) in [7, 11) is 0. The third-order valence-electron chi connectivity index (χ3n) is 4.64. The van der Waals surface area contributed by atoms with Gasteiger partial charge in [0.05, 0.1) is 0 Å². The van der Waals surface area contributed by atoms with Crippen LogP contribution in [0.2, 0.25) is 0 Å². The lowest BCUT2D eigenvalue weighted by atomic mass is 9.99. The van der Waals surface area contributed by atoms with Crippen LogP contribution >= 0.6 is 0 Å². The summed E-state index contributed by atoms with van der Waals surface area (Å²) in [6.45, 7) is 0. The Bertz CT molecular complexity index is 1200. The van der Waals surface area contributed by atoms with E-state index in [4.69, 9.17) is 4.42 Å². The number of fused-ring (bicyclic) bond motifs is 3. The van der Waals surface area contributed by atoms with Gasteiger partial charge in [-0.15, -0.1) is 0 Å². The SMILES string of the molecule is c1ccc(Nc2cccc(-c3cccc4oc5ccccc5c34)c2)cc1. The number of hydrogen-bond donors (Lipinski definition) is 1. The summed E-state index contributed by atoms with van der Waals surface area (Å²) in [6.07, 6.45) is 0. The highest BCUT2D eigenvalue weighted by Gasteiger charge is 2.12. The van der Waals surface area contributed by atoms with Crippen molar-refractivity contribution in [2.24, 2.45) is 0 Å². The van der Waals surface area contributed by atoms with E-state index in [1.807, 2.05) is 36.4 Å². The van der Waals surface area contributed by atoms with E-state index in [-0.39, 0.29) is 0 Å². The number of rotatable bonds is 3. The molecule has 124 valence electrons. The van der Waals surface area contributed by atoms with Crippen molar-refractivity contribution in [1.82, 2.24) is 0 Å². The molecule has 0 aliphatic rings. The third-order valence-corrected chi connectivity index (χ3v) is 4.64. The molecule has 4 aromatic carbocycles. The van der Waals surface area contributed by atoms with Crippen molar-refractivity contribution in [2.45, 2.75) is 0 Å². The predicted octanol–water partition coefficient (Wildman–Crippen LogP) is 7.00. The topological polar surface area (TPSA) is 25.2 Å². The molecule has 2 heteroatoms. The first-order valence-corrected chi connectivity index (χ1v) is 8.71. The van der Waals surface area contributed by atoms with E-state index in [0.29, 0.717) is 0 Å². The quantitative estimate of drug-likeness (QED) is 0.384. The monoisotopic (exact) mass is 335 g/mol. The molecule has 0 unspecified atom stereocenters. The van der Waals surface area contributed by atoms with Crippen molar-refractivity contribution in [3.05, 3.63) is 97.1 Å². The van der Waals surface area contributed by atoms with Crippen LogP contribution in [0.25, 0.3) is 33.1 Å². The van der Waals surface area contributed by atoms with Gasteiger partial charge in [0.15, 0.2) is 0 Å². The Kier molecular flexibility index (Phi) is 3.46. The molecule has 0 amide bonds. The lowest BCUT2D eigenvalue weighted by molar-refractivity contribution is 0.669. The largest absolute Gasteiger partial charge is 0.456 e. The Balaban J connectivity index is 1.65. The molecule has 0 bridgehead atoms. The Morgan fingerprint density at radius 1 is 0.577 bits per heavy atom. The van der Waals surface area contributed by atoms with Crippen LogP contribution < -0.4 is 5.32 Å². The molecule has 0 radical (unpaired) electrons. The van der Waals surface area contributed by atoms with Gasteiger partial charge < -0.3 is 9.73 Å². The van der Waals surface area contributed by atoms with Crippen LogP contribution in [0.1, 0.15) is 0 Å². The summed E-state index contributed by atoms with van der Waals surface area (Å²) in [5.41, 5.74) is 6.35. The minimum absolute atomic E-state index is 0.921. The van der Waals surface area contributed by atoms with Gasteiger partial charge in [0.25, 0.3) is 0 Å². The van der Waals surface area contributed by atoms with Crippen LogP contribution in [0.5, 0.6) is 0 Å². The smallest absolute Gasteiger partial charge is 0.136 e. The molecular formula is C24H17NO. The first kappa shape index (κ1) is 14.8. The lowest BCUT2D eigenvalue weighted by Crippen LogP contribution is -1.90. The van der Waals surface area contributed by atoms with Crippen molar-refractivity contribution in [1.29, 1.82) is 0 Å². The summed E-state index contributed by atoms with van der Waals surface area (Å²) in [4.78, 5) is 0. The van der Waals surface area contributed by atoms with Crippen LogP contribution in [-0.4, -0.2) is 0 Å². The fourth-order valence-corrected chi connectivity index (χ4v) is 3.47. The summed E-state index contributed by atoms with van der Waals surface area (Å²) in [5, 5.41) is 5.79. The molecule has 5 aromatic rings. The van der Waals surface area contributed by atoms with Crippen molar-refractivity contribution in [2.75, 3.05) is 5.32 Å². The second-order valence-corrected chi connectivity index (χ2v) is 6.35. The van der Waals surface area contributed by atoms with Gasteiger partial charge in [-0.25, -0.2) is 0 Å². The van der Waals surface area contributed by atoms with Gasteiger partial charge in [0, 0.05) is 22.1 Å². The molecule has 1 heterocycles. The number of para-hydroxylation sites is 2. The van der Waals surface area contributed by atoms with Gasteiger partial charge in [-0.2, -0.15) is 0 Å². The predicted molar refractivity (Wildman–Crippen MR) is 109 cm³/mol. The maximum absolute atomic E-state index is 6.02. The molecule has 0 saturated heterocycles. The second-order valence-electron chi connectivity index (χ2n) is 6.35. The number of furan rings is 1. The minimum atomic E-state index is 0.921.